The van der Waals surface area contributed by atoms with Crippen molar-refractivity contribution in [1.82, 2.24) is 0 Å². The van der Waals surface area contributed by atoms with Gasteiger partial charge in [-0.2, -0.15) is 13.2 Å². The first kappa shape index (κ1) is 18.7. The van der Waals surface area contributed by atoms with Crippen molar-refractivity contribution in [2.45, 2.75) is 18.4 Å². The first-order valence-electron chi connectivity index (χ1n) is 7.77. The lowest BCUT2D eigenvalue weighted by atomic mass is 9.95. The molecule has 0 aromatic heterocycles. The third-order valence-corrected chi connectivity index (χ3v) is 4.04. The van der Waals surface area contributed by atoms with Crippen molar-refractivity contribution in [3.63, 3.8) is 0 Å². The van der Waals surface area contributed by atoms with Crippen molar-refractivity contribution in [3.8, 4) is 5.75 Å². The zero-order valence-electron chi connectivity index (χ0n) is 13.6. The van der Waals surface area contributed by atoms with Gasteiger partial charge in [0.1, 0.15) is 11.9 Å². The number of carbonyl (C=O) groups is 2. The van der Waals surface area contributed by atoms with E-state index in [1.165, 1.54) is 48.6 Å². The number of hydrogen-bond donors (Lipinski definition) is 2. The Balaban J connectivity index is 2.00. The molecule has 2 unspecified atom stereocenters. The SMILES string of the molecule is O=C(O)C1=CC2=CC(C(=O)c3ccc(O)cc3)=CC=CC2OC1C(F)(F)F. The number of phenols is 1. The summed E-state index contributed by atoms with van der Waals surface area (Å²) in [4.78, 5) is 23.8. The number of carboxylic acid groups (broad SMARTS) is 1. The van der Waals surface area contributed by atoms with E-state index in [9.17, 15) is 27.9 Å². The molecule has 140 valence electrons. The molecule has 0 spiro atoms. The molecule has 2 N–H and O–H groups in total. The van der Waals surface area contributed by atoms with Crippen LogP contribution in [-0.2, 0) is 9.53 Å². The van der Waals surface area contributed by atoms with Crippen LogP contribution >= 0.6 is 0 Å². The summed E-state index contributed by atoms with van der Waals surface area (Å²) in [5.74, 6) is -2.20. The number of phenolic OH excluding ortho intramolecular Hbond substituents is 1. The normalized spacial score (nSPS) is 22.1. The molecular weight excluding hydrogens is 365 g/mol. The molecule has 1 aromatic carbocycles. The highest BCUT2D eigenvalue weighted by Gasteiger charge is 2.49. The van der Waals surface area contributed by atoms with Gasteiger partial charge in [0.2, 0.25) is 0 Å². The highest BCUT2D eigenvalue weighted by atomic mass is 19.4. The van der Waals surface area contributed by atoms with Crippen LogP contribution in [0.15, 0.2) is 71.4 Å². The quantitative estimate of drug-likeness (QED) is 0.789. The number of benzene rings is 1. The van der Waals surface area contributed by atoms with Gasteiger partial charge in [0.25, 0.3) is 0 Å². The Morgan fingerprint density at radius 1 is 1.07 bits per heavy atom. The highest BCUT2D eigenvalue weighted by molar-refractivity contribution is 6.11. The average molecular weight is 378 g/mol. The Hall–Kier alpha value is -3.13. The summed E-state index contributed by atoms with van der Waals surface area (Å²) in [7, 11) is 0. The van der Waals surface area contributed by atoms with E-state index < -0.39 is 35.7 Å². The molecule has 2 aliphatic rings. The number of carboxylic acids is 1. The second-order valence-corrected chi connectivity index (χ2v) is 5.91. The predicted octanol–water partition coefficient (Wildman–Crippen LogP) is 3.34. The van der Waals surface area contributed by atoms with Crippen molar-refractivity contribution in [2.24, 2.45) is 0 Å². The van der Waals surface area contributed by atoms with E-state index in [2.05, 4.69) is 0 Å². The Morgan fingerprint density at radius 2 is 1.74 bits per heavy atom. The van der Waals surface area contributed by atoms with Crippen LogP contribution in [-0.4, -0.2) is 40.3 Å². The molecule has 0 radical (unpaired) electrons. The maximum atomic E-state index is 13.1. The van der Waals surface area contributed by atoms with E-state index in [1.807, 2.05) is 0 Å². The van der Waals surface area contributed by atoms with Gasteiger partial charge in [0.05, 0.1) is 5.57 Å². The Labute approximate surface area is 151 Å². The number of hydrogen-bond acceptors (Lipinski definition) is 4. The number of allylic oxidation sites excluding steroid dienone is 4. The molecular formula is C19H13F3O5. The first-order chi connectivity index (χ1) is 12.7. The number of alkyl halides is 3. The first-order valence-corrected chi connectivity index (χ1v) is 7.77. The third-order valence-electron chi connectivity index (χ3n) is 4.04. The molecule has 1 heterocycles. The third kappa shape index (κ3) is 3.85. The smallest absolute Gasteiger partial charge is 0.419 e. The number of ketones is 1. The number of fused-ring (bicyclic) bond motifs is 1. The number of halogens is 3. The predicted molar refractivity (Wildman–Crippen MR) is 88.2 cm³/mol. The van der Waals surface area contributed by atoms with Crippen molar-refractivity contribution in [1.29, 1.82) is 0 Å². The topological polar surface area (TPSA) is 83.8 Å². The van der Waals surface area contributed by atoms with Gasteiger partial charge in [-0.25, -0.2) is 4.79 Å². The van der Waals surface area contributed by atoms with Gasteiger partial charge in [0.15, 0.2) is 11.9 Å². The average Bonchev–Trinajstić information content (AvgIpc) is 2.81. The van der Waals surface area contributed by atoms with Gasteiger partial charge in [0, 0.05) is 11.1 Å². The monoisotopic (exact) mass is 378 g/mol. The minimum atomic E-state index is -4.88. The van der Waals surface area contributed by atoms with Crippen LogP contribution in [0.4, 0.5) is 13.2 Å². The lowest BCUT2D eigenvalue weighted by molar-refractivity contribution is -0.215. The number of ether oxygens (including phenoxy) is 1. The van der Waals surface area contributed by atoms with Crippen LogP contribution in [0, 0.1) is 0 Å². The summed E-state index contributed by atoms with van der Waals surface area (Å²) in [5.41, 5.74) is -0.420. The van der Waals surface area contributed by atoms with Gasteiger partial charge in [-0.15, -0.1) is 0 Å². The van der Waals surface area contributed by atoms with E-state index in [0.717, 1.165) is 6.08 Å². The molecule has 0 saturated heterocycles. The number of aromatic hydroxyl groups is 1. The van der Waals surface area contributed by atoms with Crippen molar-refractivity contribution >= 4 is 11.8 Å². The maximum absolute atomic E-state index is 13.1. The maximum Gasteiger partial charge on any atom is 0.419 e. The molecule has 2 atom stereocenters. The number of carbonyl (C=O) groups excluding carboxylic acids is 1. The molecule has 1 aromatic rings. The van der Waals surface area contributed by atoms with Crippen LogP contribution in [0.2, 0.25) is 0 Å². The Bertz CT molecular complexity index is 904. The standard InChI is InChI=1S/C19H13F3O5/c20-19(21,22)17-14(18(25)26)9-12-8-11(2-1-3-15(12)27-17)16(24)10-4-6-13(23)7-5-10/h1-9,15,17,23H,(H,25,26). The Kier molecular flexibility index (Phi) is 4.75. The van der Waals surface area contributed by atoms with Crippen molar-refractivity contribution < 1.29 is 37.7 Å². The van der Waals surface area contributed by atoms with Gasteiger partial charge in [-0.1, -0.05) is 18.2 Å². The molecule has 27 heavy (non-hydrogen) atoms. The minimum Gasteiger partial charge on any atom is -0.508 e. The minimum absolute atomic E-state index is 0.0207. The summed E-state index contributed by atoms with van der Waals surface area (Å²) < 4.78 is 44.3. The van der Waals surface area contributed by atoms with Crippen LogP contribution in [0.25, 0.3) is 0 Å². The molecule has 1 aliphatic carbocycles. The van der Waals surface area contributed by atoms with Gasteiger partial charge in [-0.3, -0.25) is 4.79 Å². The van der Waals surface area contributed by atoms with E-state index in [1.54, 1.807) is 0 Å². The summed E-state index contributed by atoms with van der Waals surface area (Å²) in [6, 6.07) is 5.46. The highest BCUT2D eigenvalue weighted by Crippen LogP contribution is 2.36. The van der Waals surface area contributed by atoms with Crippen LogP contribution in [0.1, 0.15) is 10.4 Å². The van der Waals surface area contributed by atoms with Crippen LogP contribution in [0.5, 0.6) is 5.75 Å². The van der Waals surface area contributed by atoms with Gasteiger partial charge < -0.3 is 14.9 Å². The number of Topliss-reactive ketones (excluding diaryl/α,β-unsaturated/α-hetero) is 1. The summed E-state index contributed by atoms with van der Waals surface area (Å²) in [6.07, 6.45) is -2.28. The number of rotatable bonds is 3. The lowest BCUT2D eigenvalue weighted by Gasteiger charge is -2.30. The van der Waals surface area contributed by atoms with Gasteiger partial charge >= 0.3 is 12.1 Å². The zero-order chi connectivity index (χ0) is 19.8. The molecule has 5 nitrogen and oxygen atoms in total. The number of aliphatic carboxylic acids is 1. The van der Waals surface area contributed by atoms with Crippen LogP contribution < -0.4 is 0 Å². The Morgan fingerprint density at radius 3 is 2.33 bits per heavy atom. The van der Waals surface area contributed by atoms with E-state index in [0.29, 0.717) is 0 Å². The fraction of sp³-hybridized carbons (Fsp3) is 0.158. The second-order valence-electron chi connectivity index (χ2n) is 5.91. The van der Waals surface area contributed by atoms with Gasteiger partial charge in [-0.05, 0) is 42.0 Å². The molecule has 0 saturated carbocycles. The largest absolute Gasteiger partial charge is 0.508 e. The van der Waals surface area contributed by atoms with Crippen LogP contribution in [0.3, 0.4) is 0 Å². The molecule has 3 rings (SSSR count). The summed E-state index contributed by atoms with van der Waals surface area (Å²) >= 11 is 0. The molecule has 0 fully saturated rings. The fourth-order valence-corrected chi connectivity index (χ4v) is 2.75. The summed E-state index contributed by atoms with van der Waals surface area (Å²) in [5, 5.41) is 18.4. The van der Waals surface area contributed by atoms with Crippen molar-refractivity contribution in [2.75, 3.05) is 0 Å². The molecule has 0 bridgehead atoms. The van der Waals surface area contributed by atoms with E-state index in [4.69, 9.17) is 9.84 Å². The molecule has 1 aliphatic heterocycles. The summed E-state index contributed by atoms with van der Waals surface area (Å²) in [6.45, 7) is 0. The lowest BCUT2D eigenvalue weighted by Crippen LogP contribution is -2.42. The van der Waals surface area contributed by atoms with E-state index in [-0.39, 0.29) is 22.5 Å². The second kappa shape index (κ2) is 6.88. The van der Waals surface area contributed by atoms with E-state index >= 15 is 0 Å². The molecule has 0 amide bonds. The molecule has 8 heteroatoms. The fourth-order valence-electron chi connectivity index (χ4n) is 2.75. The van der Waals surface area contributed by atoms with Crippen molar-refractivity contribution in [3.05, 3.63) is 76.9 Å². The zero-order valence-corrected chi connectivity index (χ0v) is 13.6.